The Morgan fingerprint density at radius 3 is 2.60 bits per heavy atom. The van der Waals surface area contributed by atoms with Crippen molar-refractivity contribution in [3.05, 3.63) is 47.0 Å². The fraction of sp³-hybridized carbons (Fsp3) is 0.400. The molecular weight excluding hydrogens is 320 g/mol. The number of rotatable bonds is 1. The zero-order valence-electron chi connectivity index (χ0n) is 14.4. The Hall–Kier alpha value is -2.40. The third kappa shape index (κ3) is 2.78. The zero-order chi connectivity index (χ0) is 17.8. The first-order chi connectivity index (χ1) is 11.8. The van der Waals surface area contributed by atoms with Crippen LogP contribution in [0.25, 0.3) is 0 Å². The van der Waals surface area contributed by atoms with Gasteiger partial charge in [-0.1, -0.05) is 6.07 Å². The van der Waals surface area contributed by atoms with Gasteiger partial charge in [-0.2, -0.15) is 0 Å². The molecule has 0 aromatic heterocycles. The molecule has 25 heavy (non-hydrogen) atoms. The van der Waals surface area contributed by atoms with Crippen molar-refractivity contribution in [2.75, 3.05) is 6.61 Å². The second kappa shape index (κ2) is 5.30. The normalized spacial score (nSPS) is 23.8. The summed E-state index contributed by atoms with van der Waals surface area (Å²) in [5.41, 5.74) is 0.648. The van der Waals surface area contributed by atoms with Gasteiger partial charge in [-0.3, -0.25) is 0 Å². The molecule has 0 saturated carbocycles. The molecule has 0 spiro atoms. The van der Waals surface area contributed by atoms with E-state index in [0.717, 1.165) is 24.0 Å². The van der Waals surface area contributed by atoms with E-state index in [1.54, 1.807) is 18.2 Å². The van der Waals surface area contributed by atoms with Crippen LogP contribution < -0.4 is 9.47 Å². The molecule has 2 heterocycles. The molecule has 0 fully saturated rings. The highest BCUT2D eigenvalue weighted by Gasteiger charge is 2.39. The topological polar surface area (TPSA) is 79.2 Å². The fourth-order valence-corrected chi connectivity index (χ4v) is 3.62. The average Bonchev–Trinajstić information content (AvgIpc) is 2.53. The lowest BCUT2D eigenvalue weighted by Crippen LogP contribution is -2.39. The standard InChI is InChI=1S/C20H22O5/c1-19(2)6-5-12-7-15(16(22)9-18(12)25-19)20(23)10-13-3-4-14(21)8-17(13)24-11-20/h3-4,7-9,21-23H,5-6,10-11H2,1-2H3. The molecule has 0 amide bonds. The largest absolute Gasteiger partial charge is 0.508 e. The van der Waals surface area contributed by atoms with E-state index in [0.29, 0.717) is 23.5 Å². The molecule has 5 heteroatoms. The van der Waals surface area contributed by atoms with Crippen molar-refractivity contribution < 1.29 is 24.8 Å². The summed E-state index contributed by atoms with van der Waals surface area (Å²) in [6, 6.07) is 8.26. The molecule has 0 radical (unpaired) electrons. The van der Waals surface area contributed by atoms with E-state index in [1.165, 1.54) is 6.07 Å². The lowest BCUT2D eigenvalue weighted by molar-refractivity contribution is -0.0236. The maximum atomic E-state index is 11.2. The highest BCUT2D eigenvalue weighted by molar-refractivity contribution is 5.52. The average molecular weight is 342 g/mol. The smallest absolute Gasteiger partial charge is 0.131 e. The molecule has 5 nitrogen and oxygen atoms in total. The van der Waals surface area contributed by atoms with E-state index in [9.17, 15) is 15.3 Å². The van der Waals surface area contributed by atoms with Gasteiger partial charge < -0.3 is 24.8 Å². The Balaban J connectivity index is 1.71. The van der Waals surface area contributed by atoms with Crippen LogP contribution in [-0.4, -0.2) is 27.5 Å². The van der Waals surface area contributed by atoms with Gasteiger partial charge in [0.25, 0.3) is 0 Å². The Bertz CT molecular complexity index is 842. The van der Waals surface area contributed by atoms with E-state index in [1.807, 2.05) is 19.9 Å². The van der Waals surface area contributed by atoms with E-state index < -0.39 is 5.60 Å². The van der Waals surface area contributed by atoms with Gasteiger partial charge in [-0.25, -0.2) is 0 Å². The molecule has 3 N–H and O–H groups in total. The number of ether oxygens (including phenoxy) is 2. The van der Waals surface area contributed by atoms with Gasteiger partial charge in [-0.05, 0) is 49.9 Å². The molecule has 2 aliphatic heterocycles. The van der Waals surface area contributed by atoms with Crippen molar-refractivity contribution in [3.63, 3.8) is 0 Å². The summed E-state index contributed by atoms with van der Waals surface area (Å²) in [5.74, 6) is 1.36. The molecule has 1 unspecified atom stereocenters. The van der Waals surface area contributed by atoms with Crippen LogP contribution in [0.5, 0.6) is 23.0 Å². The summed E-state index contributed by atoms with van der Waals surface area (Å²) in [6.07, 6.45) is 2.01. The predicted octanol–water partition coefficient (Wildman–Crippen LogP) is 3.02. The first kappa shape index (κ1) is 16.1. The monoisotopic (exact) mass is 342 g/mol. The van der Waals surface area contributed by atoms with Gasteiger partial charge in [-0.15, -0.1) is 0 Å². The highest BCUT2D eigenvalue weighted by Crippen LogP contribution is 2.44. The molecule has 2 aromatic rings. The third-order valence-corrected chi connectivity index (χ3v) is 5.06. The van der Waals surface area contributed by atoms with Crippen LogP contribution >= 0.6 is 0 Å². The van der Waals surface area contributed by atoms with Gasteiger partial charge >= 0.3 is 0 Å². The molecule has 0 bridgehead atoms. The van der Waals surface area contributed by atoms with Crippen molar-refractivity contribution >= 4 is 0 Å². The van der Waals surface area contributed by atoms with Crippen LogP contribution in [0.15, 0.2) is 30.3 Å². The number of aryl methyl sites for hydroxylation is 1. The third-order valence-electron chi connectivity index (χ3n) is 5.06. The van der Waals surface area contributed by atoms with Crippen LogP contribution in [0, 0.1) is 0 Å². The molecular formula is C20H22O5. The van der Waals surface area contributed by atoms with E-state index in [4.69, 9.17) is 9.47 Å². The number of aromatic hydroxyl groups is 2. The molecule has 2 aromatic carbocycles. The fourth-order valence-electron chi connectivity index (χ4n) is 3.62. The van der Waals surface area contributed by atoms with Crippen LogP contribution in [0.4, 0.5) is 0 Å². The minimum atomic E-state index is -1.32. The number of hydrogen-bond acceptors (Lipinski definition) is 5. The summed E-state index contributed by atoms with van der Waals surface area (Å²) in [6.45, 7) is 4.06. The Labute approximate surface area is 146 Å². The van der Waals surface area contributed by atoms with Crippen LogP contribution in [-0.2, 0) is 18.4 Å². The van der Waals surface area contributed by atoms with Crippen molar-refractivity contribution in [3.8, 4) is 23.0 Å². The minimum absolute atomic E-state index is 0.00442. The van der Waals surface area contributed by atoms with Gasteiger partial charge in [0.05, 0.1) is 0 Å². The quantitative estimate of drug-likeness (QED) is 0.742. The minimum Gasteiger partial charge on any atom is -0.508 e. The van der Waals surface area contributed by atoms with Gasteiger partial charge in [0, 0.05) is 24.1 Å². The van der Waals surface area contributed by atoms with E-state index in [2.05, 4.69) is 0 Å². The van der Waals surface area contributed by atoms with Crippen molar-refractivity contribution in [1.29, 1.82) is 0 Å². The molecule has 132 valence electrons. The predicted molar refractivity (Wildman–Crippen MR) is 92.3 cm³/mol. The number of phenolic OH excluding ortho intramolecular Hbond substituents is 2. The number of fused-ring (bicyclic) bond motifs is 2. The molecule has 2 aliphatic rings. The van der Waals surface area contributed by atoms with Crippen LogP contribution in [0.3, 0.4) is 0 Å². The number of phenols is 2. The summed E-state index contributed by atoms with van der Waals surface area (Å²) in [5, 5.41) is 31.2. The molecule has 1 atom stereocenters. The van der Waals surface area contributed by atoms with Crippen molar-refractivity contribution in [2.24, 2.45) is 0 Å². The second-order valence-corrected chi connectivity index (χ2v) is 7.63. The van der Waals surface area contributed by atoms with Crippen LogP contribution in [0.2, 0.25) is 0 Å². The first-order valence-corrected chi connectivity index (χ1v) is 8.48. The summed E-state index contributed by atoms with van der Waals surface area (Å²) in [7, 11) is 0. The van der Waals surface area contributed by atoms with Gasteiger partial charge in [0.1, 0.15) is 40.8 Å². The maximum absolute atomic E-state index is 11.2. The number of hydrogen-bond donors (Lipinski definition) is 3. The van der Waals surface area contributed by atoms with Crippen molar-refractivity contribution in [2.45, 2.75) is 44.3 Å². The molecule has 4 rings (SSSR count). The Morgan fingerprint density at radius 2 is 1.80 bits per heavy atom. The van der Waals surface area contributed by atoms with E-state index in [-0.39, 0.29) is 23.7 Å². The summed E-state index contributed by atoms with van der Waals surface area (Å²) in [4.78, 5) is 0. The number of benzene rings is 2. The highest BCUT2D eigenvalue weighted by atomic mass is 16.5. The molecule has 0 aliphatic carbocycles. The van der Waals surface area contributed by atoms with E-state index >= 15 is 0 Å². The summed E-state index contributed by atoms with van der Waals surface area (Å²) >= 11 is 0. The first-order valence-electron chi connectivity index (χ1n) is 8.48. The SMILES string of the molecule is CC1(C)CCc2cc(C3(O)COc4cc(O)ccc4C3)c(O)cc2O1. The lowest BCUT2D eigenvalue weighted by Gasteiger charge is -2.37. The molecule has 0 saturated heterocycles. The van der Waals surface area contributed by atoms with Crippen molar-refractivity contribution in [1.82, 2.24) is 0 Å². The Morgan fingerprint density at radius 1 is 1.00 bits per heavy atom. The van der Waals surface area contributed by atoms with Gasteiger partial charge in [0.15, 0.2) is 0 Å². The lowest BCUT2D eigenvalue weighted by atomic mass is 9.83. The van der Waals surface area contributed by atoms with Gasteiger partial charge in [0.2, 0.25) is 0 Å². The maximum Gasteiger partial charge on any atom is 0.131 e. The Kier molecular flexibility index (Phi) is 3.41. The second-order valence-electron chi connectivity index (χ2n) is 7.63. The van der Waals surface area contributed by atoms with Crippen LogP contribution in [0.1, 0.15) is 37.0 Å². The number of aliphatic hydroxyl groups is 1. The zero-order valence-corrected chi connectivity index (χ0v) is 14.4. The summed E-state index contributed by atoms with van der Waals surface area (Å²) < 4.78 is 11.6.